The Hall–Kier alpha value is -1.95. The smallest absolute Gasteiger partial charge is 0.225 e. The number of rotatable bonds is 6. The number of carbonyl (C=O) groups excluding carboxylic acids is 2. The number of carbonyl (C=O) groups is 2. The van der Waals surface area contributed by atoms with Gasteiger partial charge in [0.2, 0.25) is 11.8 Å². The molecule has 0 spiro atoms. The van der Waals surface area contributed by atoms with Crippen molar-refractivity contribution in [3.05, 3.63) is 35.6 Å². The maximum Gasteiger partial charge on any atom is 0.225 e. The molecule has 1 saturated heterocycles. The average molecular weight is 334 g/mol. The van der Waals surface area contributed by atoms with Gasteiger partial charge in [0.15, 0.2) is 0 Å². The first kappa shape index (κ1) is 16.9. The van der Waals surface area contributed by atoms with Crippen LogP contribution in [0.25, 0.3) is 0 Å². The third-order valence-corrected chi connectivity index (χ3v) is 4.73. The lowest BCUT2D eigenvalue weighted by molar-refractivity contribution is -0.144. The summed E-state index contributed by atoms with van der Waals surface area (Å²) >= 11 is 0. The fourth-order valence-corrected chi connectivity index (χ4v) is 3.32. The Labute approximate surface area is 141 Å². The highest BCUT2D eigenvalue weighted by molar-refractivity contribution is 5.85. The number of amides is 2. The van der Waals surface area contributed by atoms with Gasteiger partial charge in [0, 0.05) is 31.7 Å². The molecule has 6 heteroatoms. The van der Waals surface area contributed by atoms with Gasteiger partial charge in [-0.15, -0.1) is 0 Å². The van der Waals surface area contributed by atoms with Crippen LogP contribution in [0.4, 0.5) is 4.39 Å². The minimum atomic E-state index is -0.582. The second-order valence-electron chi connectivity index (χ2n) is 6.47. The molecule has 1 aliphatic carbocycles. The molecule has 0 radical (unpaired) electrons. The van der Waals surface area contributed by atoms with Crippen LogP contribution >= 0.6 is 0 Å². The lowest BCUT2D eigenvalue weighted by atomic mass is 9.83. The summed E-state index contributed by atoms with van der Waals surface area (Å²) in [4.78, 5) is 26.7. The molecule has 3 rings (SSSR count). The Balaban J connectivity index is 1.92. The first-order valence-corrected chi connectivity index (χ1v) is 8.45. The van der Waals surface area contributed by atoms with Crippen molar-refractivity contribution in [2.45, 2.75) is 37.8 Å². The molecule has 1 aliphatic heterocycles. The van der Waals surface area contributed by atoms with Gasteiger partial charge in [-0.1, -0.05) is 18.2 Å². The van der Waals surface area contributed by atoms with E-state index in [0.29, 0.717) is 31.6 Å². The molecule has 1 aromatic rings. The number of methoxy groups -OCH3 is 1. The van der Waals surface area contributed by atoms with Gasteiger partial charge >= 0.3 is 0 Å². The Morgan fingerprint density at radius 3 is 2.75 bits per heavy atom. The monoisotopic (exact) mass is 334 g/mol. The quantitative estimate of drug-likeness (QED) is 0.866. The van der Waals surface area contributed by atoms with Gasteiger partial charge < -0.3 is 15.0 Å². The van der Waals surface area contributed by atoms with E-state index in [2.05, 4.69) is 5.32 Å². The minimum absolute atomic E-state index is 0.0595. The van der Waals surface area contributed by atoms with Gasteiger partial charge in [-0.2, -0.15) is 0 Å². The van der Waals surface area contributed by atoms with Gasteiger partial charge in [0.25, 0.3) is 0 Å². The Kier molecular flexibility index (Phi) is 5.14. The van der Waals surface area contributed by atoms with Gasteiger partial charge in [-0.3, -0.25) is 9.59 Å². The molecule has 0 unspecified atom stereocenters. The maximum atomic E-state index is 14.4. The molecule has 1 aromatic carbocycles. The summed E-state index contributed by atoms with van der Waals surface area (Å²) < 4.78 is 19.5. The second-order valence-corrected chi connectivity index (χ2v) is 6.47. The Bertz CT molecular complexity index is 618. The molecule has 24 heavy (non-hydrogen) atoms. The summed E-state index contributed by atoms with van der Waals surface area (Å²) in [7, 11) is 1.56. The number of benzene rings is 1. The van der Waals surface area contributed by atoms with E-state index in [0.717, 1.165) is 12.8 Å². The molecule has 5 nitrogen and oxygen atoms in total. The first-order chi connectivity index (χ1) is 11.6. The fraction of sp³-hybridized carbons (Fsp3) is 0.556. The van der Waals surface area contributed by atoms with E-state index in [9.17, 15) is 14.0 Å². The number of nitrogens with one attached hydrogen (secondary N) is 1. The highest BCUT2D eigenvalue weighted by Crippen LogP contribution is 2.38. The summed E-state index contributed by atoms with van der Waals surface area (Å²) in [6, 6.07) is 6.05. The molecular weight excluding hydrogens is 311 g/mol. The van der Waals surface area contributed by atoms with E-state index in [4.69, 9.17) is 4.74 Å². The molecule has 0 aromatic heterocycles. The molecule has 1 N–H and O–H groups in total. The number of hydrogen-bond donors (Lipinski definition) is 1. The highest BCUT2D eigenvalue weighted by atomic mass is 19.1. The predicted molar refractivity (Wildman–Crippen MR) is 86.6 cm³/mol. The Morgan fingerprint density at radius 1 is 1.33 bits per heavy atom. The van der Waals surface area contributed by atoms with Crippen molar-refractivity contribution in [3.8, 4) is 0 Å². The number of nitrogens with zero attached hydrogens (tertiary/aromatic N) is 1. The van der Waals surface area contributed by atoms with E-state index in [-0.39, 0.29) is 23.7 Å². The van der Waals surface area contributed by atoms with Crippen LogP contribution in [0.5, 0.6) is 0 Å². The number of piperidine rings is 1. The molecule has 1 heterocycles. The van der Waals surface area contributed by atoms with Gasteiger partial charge in [0.1, 0.15) is 5.82 Å². The van der Waals surface area contributed by atoms with Crippen molar-refractivity contribution in [1.29, 1.82) is 0 Å². The zero-order valence-electron chi connectivity index (χ0n) is 13.8. The zero-order valence-corrected chi connectivity index (χ0v) is 13.8. The van der Waals surface area contributed by atoms with Gasteiger partial charge in [0.05, 0.1) is 18.6 Å². The number of likely N-dealkylation sites (tertiary alicyclic amines) is 1. The maximum absolute atomic E-state index is 14.4. The SMILES string of the molecule is COCCN1C(=O)CC[C@@H](C(=O)NC2CC2)[C@@H]1c1ccccc1F. The summed E-state index contributed by atoms with van der Waals surface area (Å²) in [5, 5.41) is 3.00. The first-order valence-electron chi connectivity index (χ1n) is 8.45. The van der Waals surface area contributed by atoms with Crippen LogP contribution < -0.4 is 5.32 Å². The van der Waals surface area contributed by atoms with Crippen LogP contribution in [0.2, 0.25) is 0 Å². The largest absolute Gasteiger partial charge is 0.383 e. The Morgan fingerprint density at radius 2 is 2.08 bits per heavy atom. The number of halogens is 1. The van der Waals surface area contributed by atoms with Gasteiger partial charge in [-0.05, 0) is 25.3 Å². The number of hydrogen-bond acceptors (Lipinski definition) is 3. The molecule has 1 saturated carbocycles. The van der Waals surface area contributed by atoms with E-state index in [1.807, 2.05) is 0 Å². The van der Waals surface area contributed by atoms with Crippen LogP contribution in [-0.2, 0) is 14.3 Å². The van der Waals surface area contributed by atoms with E-state index < -0.39 is 12.0 Å². The van der Waals surface area contributed by atoms with Crippen LogP contribution in [0.15, 0.2) is 24.3 Å². The molecule has 130 valence electrons. The van der Waals surface area contributed by atoms with E-state index in [1.54, 1.807) is 30.2 Å². The van der Waals surface area contributed by atoms with E-state index in [1.165, 1.54) is 6.07 Å². The predicted octanol–water partition coefficient (Wildman–Crippen LogP) is 2.03. The molecule has 2 atom stereocenters. The lowest BCUT2D eigenvalue weighted by Gasteiger charge is -2.40. The minimum Gasteiger partial charge on any atom is -0.383 e. The summed E-state index contributed by atoms with van der Waals surface area (Å²) in [5.74, 6) is -0.961. The standard InChI is InChI=1S/C18H23FN2O3/c1-24-11-10-21-16(22)9-8-14(18(23)20-12-6-7-12)17(21)13-4-2-3-5-15(13)19/h2-5,12,14,17H,6-11H2,1H3,(H,20,23)/t14-,17+/m1/s1. The third-order valence-electron chi connectivity index (χ3n) is 4.73. The summed E-state index contributed by atoms with van der Waals surface area (Å²) in [5.41, 5.74) is 0.401. The topological polar surface area (TPSA) is 58.6 Å². The van der Waals surface area contributed by atoms with Crippen LogP contribution in [0.1, 0.15) is 37.3 Å². The second kappa shape index (κ2) is 7.30. The van der Waals surface area contributed by atoms with Crippen molar-refractivity contribution in [2.24, 2.45) is 5.92 Å². The van der Waals surface area contributed by atoms with Crippen LogP contribution in [0.3, 0.4) is 0 Å². The fourth-order valence-electron chi connectivity index (χ4n) is 3.32. The van der Waals surface area contributed by atoms with Crippen molar-refractivity contribution >= 4 is 11.8 Å². The number of ether oxygens (including phenoxy) is 1. The summed E-state index contributed by atoms with van der Waals surface area (Å²) in [6.45, 7) is 0.704. The lowest BCUT2D eigenvalue weighted by Crippen LogP contribution is -2.49. The average Bonchev–Trinajstić information content (AvgIpc) is 3.38. The molecule has 2 amide bonds. The van der Waals surface area contributed by atoms with Crippen molar-refractivity contribution in [1.82, 2.24) is 10.2 Å². The molecular formula is C18H23FN2O3. The highest BCUT2D eigenvalue weighted by Gasteiger charge is 2.42. The van der Waals surface area contributed by atoms with Crippen LogP contribution in [-0.4, -0.2) is 43.0 Å². The molecule has 0 bridgehead atoms. The van der Waals surface area contributed by atoms with Crippen molar-refractivity contribution < 1.29 is 18.7 Å². The molecule has 2 fully saturated rings. The normalized spacial score (nSPS) is 24.1. The summed E-state index contributed by atoms with van der Waals surface area (Å²) in [6.07, 6.45) is 2.74. The van der Waals surface area contributed by atoms with E-state index >= 15 is 0 Å². The zero-order chi connectivity index (χ0) is 17.1. The van der Waals surface area contributed by atoms with Crippen molar-refractivity contribution in [3.63, 3.8) is 0 Å². The third kappa shape index (κ3) is 3.59. The molecule has 2 aliphatic rings. The van der Waals surface area contributed by atoms with Crippen molar-refractivity contribution in [2.75, 3.05) is 20.3 Å². The van der Waals surface area contributed by atoms with Gasteiger partial charge in [-0.25, -0.2) is 4.39 Å². The van der Waals surface area contributed by atoms with Crippen LogP contribution in [0, 0.1) is 11.7 Å².